The fourth-order valence-electron chi connectivity index (χ4n) is 1.97. The van der Waals surface area contributed by atoms with E-state index in [9.17, 15) is 9.90 Å². The highest BCUT2D eigenvalue weighted by atomic mass is 16.5. The zero-order valence-electron chi connectivity index (χ0n) is 10.9. The third-order valence-corrected chi connectivity index (χ3v) is 3.01. The van der Waals surface area contributed by atoms with Crippen LogP contribution < -0.4 is 5.32 Å². The first-order valence-electron chi connectivity index (χ1n) is 6.08. The number of carbonyl (C=O) groups excluding carboxylic acids is 1. The molecule has 0 aliphatic heterocycles. The molecule has 1 heterocycles. The second-order valence-corrected chi connectivity index (χ2v) is 4.38. The van der Waals surface area contributed by atoms with Gasteiger partial charge in [0.25, 0.3) is 0 Å². The number of fused-ring (bicyclic) bond motifs is 1. The molecule has 0 bridgehead atoms. The fraction of sp³-hybridized carbons (Fsp3) is 0.357. The van der Waals surface area contributed by atoms with E-state index < -0.39 is 18.1 Å². The number of hydrogen-bond donors (Lipinski definition) is 2. The quantitative estimate of drug-likeness (QED) is 0.799. The van der Waals surface area contributed by atoms with Crippen LogP contribution in [-0.2, 0) is 16.1 Å². The molecule has 1 aromatic carbocycles. The van der Waals surface area contributed by atoms with Crippen LogP contribution in [0.2, 0.25) is 0 Å². The number of rotatable bonds is 5. The number of benzene rings is 1. The van der Waals surface area contributed by atoms with Gasteiger partial charge < -0.3 is 14.3 Å². The minimum absolute atomic E-state index is 0.418. The third kappa shape index (κ3) is 2.94. The lowest BCUT2D eigenvalue weighted by molar-refractivity contribution is -0.145. The number of furan rings is 1. The minimum atomic E-state index is -0.828. The number of aliphatic hydroxyl groups excluding tert-OH is 1. The van der Waals surface area contributed by atoms with E-state index in [1.807, 2.05) is 24.3 Å². The van der Waals surface area contributed by atoms with E-state index in [0.29, 0.717) is 6.54 Å². The topological polar surface area (TPSA) is 71.7 Å². The summed E-state index contributed by atoms with van der Waals surface area (Å²) in [7, 11) is 1.30. The van der Waals surface area contributed by atoms with Gasteiger partial charge in [0.05, 0.1) is 19.5 Å². The van der Waals surface area contributed by atoms with Crippen LogP contribution in [0.15, 0.2) is 34.9 Å². The van der Waals surface area contributed by atoms with Crippen molar-refractivity contribution in [2.45, 2.75) is 25.6 Å². The van der Waals surface area contributed by atoms with Gasteiger partial charge in [0.15, 0.2) is 0 Å². The molecular weight excluding hydrogens is 246 g/mol. The van der Waals surface area contributed by atoms with Crippen LogP contribution in [0.25, 0.3) is 11.0 Å². The van der Waals surface area contributed by atoms with E-state index >= 15 is 0 Å². The molecule has 0 aliphatic carbocycles. The normalized spacial score (nSPS) is 14.3. The molecule has 0 unspecified atom stereocenters. The Labute approximate surface area is 111 Å². The molecule has 0 saturated heterocycles. The average Bonchev–Trinajstić information content (AvgIpc) is 2.82. The number of carbonyl (C=O) groups is 1. The number of ether oxygens (including phenoxy) is 1. The molecule has 2 rings (SSSR count). The third-order valence-electron chi connectivity index (χ3n) is 3.01. The summed E-state index contributed by atoms with van der Waals surface area (Å²) in [6.45, 7) is 1.96. The van der Waals surface area contributed by atoms with Gasteiger partial charge in [-0.1, -0.05) is 18.2 Å². The van der Waals surface area contributed by atoms with Gasteiger partial charge in [-0.05, 0) is 13.0 Å². The summed E-state index contributed by atoms with van der Waals surface area (Å²) in [6.07, 6.45) is 0.819. The van der Waals surface area contributed by atoms with Gasteiger partial charge in [0.1, 0.15) is 11.6 Å². The summed E-state index contributed by atoms with van der Waals surface area (Å²) < 4.78 is 10.1. The summed E-state index contributed by atoms with van der Waals surface area (Å²) in [5.74, 6) is -0.484. The lowest BCUT2D eigenvalue weighted by Crippen LogP contribution is -2.45. The number of methoxy groups -OCH3 is 1. The first-order valence-corrected chi connectivity index (χ1v) is 6.08. The van der Waals surface area contributed by atoms with Crippen molar-refractivity contribution in [3.8, 4) is 0 Å². The highest BCUT2D eigenvalue weighted by Gasteiger charge is 2.24. The van der Waals surface area contributed by atoms with Gasteiger partial charge >= 0.3 is 5.97 Å². The van der Waals surface area contributed by atoms with Gasteiger partial charge in [-0.3, -0.25) is 10.1 Å². The van der Waals surface area contributed by atoms with E-state index in [0.717, 1.165) is 16.5 Å². The van der Waals surface area contributed by atoms with Crippen molar-refractivity contribution >= 4 is 16.9 Å². The van der Waals surface area contributed by atoms with Crippen LogP contribution in [0.5, 0.6) is 0 Å². The molecule has 0 radical (unpaired) electrons. The fourth-order valence-corrected chi connectivity index (χ4v) is 1.97. The lowest BCUT2D eigenvalue weighted by Gasteiger charge is -2.18. The van der Waals surface area contributed by atoms with Crippen molar-refractivity contribution in [1.29, 1.82) is 0 Å². The Morgan fingerprint density at radius 1 is 1.47 bits per heavy atom. The SMILES string of the molecule is COC(=O)[C@H](NCc1coc2ccccc12)[C@H](C)O. The van der Waals surface area contributed by atoms with Crippen molar-refractivity contribution in [3.05, 3.63) is 36.1 Å². The largest absolute Gasteiger partial charge is 0.468 e. The standard InChI is InChI=1S/C14H17NO4/c1-9(16)13(14(17)18-2)15-7-10-8-19-12-6-4-3-5-11(10)12/h3-6,8-9,13,15-16H,7H2,1-2H3/t9-,13+/m0/s1. The number of aliphatic hydroxyl groups is 1. The molecule has 5 heteroatoms. The molecule has 0 fully saturated rings. The minimum Gasteiger partial charge on any atom is -0.468 e. The van der Waals surface area contributed by atoms with Crippen LogP contribution in [0.4, 0.5) is 0 Å². The highest BCUT2D eigenvalue weighted by Crippen LogP contribution is 2.20. The maximum absolute atomic E-state index is 11.5. The lowest BCUT2D eigenvalue weighted by atomic mass is 10.1. The molecule has 2 N–H and O–H groups in total. The predicted molar refractivity (Wildman–Crippen MR) is 70.5 cm³/mol. The first-order chi connectivity index (χ1) is 9.13. The van der Waals surface area contributed by atoms with Crippen LogP contribution in [0.1, 0.15) is 12.5 Å². The predicted octanol–water partition coefficient (Wildman–Crippen LogP) is 1.44. The van der Waals surface area contributed by atoms with Crippen LogP contribution >= 0.6 is 0 Å². The van der Waals surface area contributed by atoms with Crippen molar-refractivity contribution in [2.24, 2.45) is 0 Å². The van der Waals surface area contributed by atoms with Gasteiger partial charge in [-0.15, -0.1) is 0 Å². The van der Waals surface area contributed by atoms with E-state index in [1.54, 1.807) is 13.2 Å². The number of esters is 1. The molecule has 0 spiro atoms. The Kier molecular flexibility index (Phi) is 4.19. The molecule has 5 nitrogen and oxygen atoms in total. The number of para-hydroxylation sites is 1. The molecule has 19 heavy (non-hydrogen) atoms. The summed E-state index contributed by atoms with van der Waals surface area (Å²) in [5.41, 5.74) is 1.73. The Bertz CT molecular complexity index is 561. The van der Waals surface area contributed by atoms with E-state index in [-0.39, 0.29) is 0 Å². The Hall–Kier alpha value is -1.85. The Morgan fingerprint density at radius 2 is 2.21 bits per heavy atom. The maximum atomic E-state index is 11.5. The molecule has 102 valence electrons. The van der Waals surface area contributed by atoms with Crippen molar-refractivity contribution in [3.63, 3.8) is 0 Å². The second kappa shape index (κ2) is 5.86. The van der Waals surface area contributed by atoms with Gasteiger partial charge in [-0.25, -0.2) is 0 Å². The van der Waals surface area contributed by atoms with Crippen molar-refractivity contribution in [2.75, 3.05) is 7.11 Å². The smallest absolute Gasteiger partial charge is 0.325 e. The summed E-state index contributed by atoms with van der Waals surface area (Å²) in [5, 5.41) is 13.5. The van der Waals surface area contributed by atoms with Gasteiger partial charge in [-0.2, -0.15) is 0 Å². The van der Waals surface area contributed by atoms with Crippen LogP contribution in [-0.4, -0.2) is 30.3 Å². The highest BCUT2D eigenvalue weighted by molar-refractivity contribution is 5.81. The Balaban J connectivity index is 2.11. The zero-order chi connectivity index (χ0) is 13.8. The van der Waals surface area contributed by atoms with Crippen molar-refractivity contribution < 1.29 is 19.1 Å². The molecule has 2 aromatic rings. The maximum Gasteiger partial charge on any atom is 0.325 e. The molecular formula is C14H17NO4. The number of nitrogens with one attached hydrogen (secondary N) is 1. The van der Waals surface area contributed by atoms with Crippen molar-refractivity contribution in [1.82, 2.24) is 5.32 Å². The molecule has 0 aliphatic rings. The van der Waals surface area contributed by atoms with E-state index in [2.05, 4.69) is 10.1 Å². The van der Waals surface area contributed by atoms with Crippen LogP contribution in [0, 0.1) is 0 Å². The molecule has 0 saturated carbocycles. The average molecular weight is 263 g/mol. The number of hydrogen-bond acceptors (Lipinski definition) is 5. The summed E-state index contributed by atoms with van der Waals surface area (Å²) in [4.78, 5) is 11.5. The summed E-state index contributed by atoms with van der Waals surface area (Å²) in [6, 6.07) is 6.90. The first kappa shape index (κ1) is 13.6. The van der Waals surface area contributed by atoms with Gasteiger partial charge in [0.2, 0.25) is 0 Å². The monoisotopic (exact) mass is 263 g/mol. The summed E-state index contributed by atoms with van der Waals surface area (Å²) >= 11 is 0. The zero-order valence-corrected chi connectivity index (χ0v) is 10.9. The van der Waals surface area contributed by atoms with Crippen LogP contribution in [0.3, 0.4) is 0 Å². The van der Waals surface area contributed by atoms with E-state index in [1.165, 1.54) is 7.11 Å². The van der Waals surface area contributed by atoms with Gasteiger partial charge in [0, 0.05) is 17.5 Å². The molecule has 1 aromatic heterocycles. The molecule has 0 amide bonds. The van der Waals surface area contributed by atoms with E-state index in [4.69, 9.17) is 4.42 Å². The molecule has 2 atom stereocenters. The second-order valence-electron chi connectivity index (χ2n) is 4.38. The Morgan fingerprint density at radius 3 is 2.89 bits per heavy atom.